The average Bonchev–Trinajstić information content (AvgIpc) is 2.29. The van der Waals surface area contributed by atoms with E-state index >= 15 is 0 Å². The van der Waals surface area contributed by atoms with Gasteiger partial charge in [0.1, 0.15) is 0 Å². The van der Waals surface area contributed by atoms with E-state index < -0.39 is 5.60 Å². The Morgan fingerprint density at radius 2 is 2.06 bits per heavy atom. The Kier molecular flexibility index (Phi) is 7.09. The fourth-order valence-electron chi connectivity index (χ4n) is 2.49. The fraction of sp³-hybridized carbons (Fsp3) is 1.00. The molecule has 1 rings (SSSR count). The van der Waals surface area contributed by atoms with Crippen molar-refractivity contribution < 1.29 is 9.84 Å². The van der Waals surface area contributed by atoms with Gasteiger partial charge in [0.2, 0.25) is 0 Å². The van der Waals surface area contributed by atoms with E-state index in [1.165, 1.54) is 25.7 Å². The van der Waals surface area contributed by atoms with Gasteiger partial charge in [0, 0.05) is 12.6 Å². The molecule has 0 aromatic carbocycles. The third-order valence-electron chi connectivity index (χ3n) is 3.50. The topological polar surface area (TPSA) is 41.5 Å². The van der Waals surface area contributed by atoms with Gasteiger partial charge in [-0.05, 0) is 19.8 Å². The largest absolute Gasteiger partial charge is 0.390 e. The van der Waals surface area contributed by atoms with E-state index in [1.807, 2.05) is 6.92 Å². The van der Waals surface area contributed by atoms with E-state index in [0.29, 0.717) is 6.04 Å². The molecule has 2 N–H and O–H groups in total. The molecular formula is C14H29NO2. The van der Waals surface area contributed by atoms with Crippen LogP contribution in [0.25, 0.3) is 0 Å². The molecule has 0 spiro atoms. The number of aliphatic hydroxyl groups is 1. The molecule has 0 aliphatic carbocycles. The molecule has 1 fully saturated rings. The van der Waals surface area contributed by atoms with E-state index in [9.17, 15) is 5.11 Å². The van der Waals surface area contributed by atoms with Crippen molar-refractivity contribution in [2.45, 2.75) is 70.4 Å². The monoisotopic (exact) mass is 243 g/mol. The van der Waals surface area contributed by atoms with Crippen molar-refractivity contribution in [2.75, 3.05) is 19.8 Å². The summed E-state index contributed by atoms with van der Waals surface area (Å²) in [6.07, 6.45) is 8.01. The van der Waals surface area contributed by atoms with E-state index in [1.54, 1.807) is 0 Å². The minimum absolute atomic E-state index is 0.328. The van der Waals surface area contributed by atoms with Crippen molar-refractivity contribution >= 4 is 0 Å². The Morgan fingerprint density at radius 1 is 1.29 bits per heavy atom. The number of unbranched alkanes of at least 4 members (excludes halogenated alkanes) is 4. The summed E-state index contributed by atoms with van der Waals surface area (Å²) in [6.45, 7) is 6.65. The molecule has 0 aromatic heterocycles. The first-order valence-corrected chi connectivity index (χ1v) is 7.17. The highest BCUT2D eigenvalue weighted by atomic mass is 16.5. The molecule has 1 heterocycles. The summed E-state index contributed by atoms with van der Waals surface area (Å²) >= 11 is 0. The minimum atomic E-state index is -0.537. The maximum atomic E-state index is 10.3. The van der Waals surface area contributed by atoms with Crippen LogP contribution in [0, 0.1) is 0 Å². The predicted octanol–water partition coefficient (Wildman–Crippen LogP) is 2.48. The lowest BCUT2D eigenvalue weighted by atomic mass is 9.90. The van der Waals surface area contributed by atoms with Crippen molar-refractivity contribution in [1.29, 1.82) is 0 Å². The highest BCUT2D eigenvalue weighted by molar-refractivity contribution is 4.82. The summed E-state index contributed by atoms with van der Waals surface area (Å²) in [7, 11) is 0. The lowest BCUT2D eigenvalue weighted by Gasteiger charge is -2.31. The summed E-state index contributed by atoms with van der Waals surface area (Å²) in [5.41, 5.74) is -0.537. The average molecular weight is 243 g/mol. The molecule has 0 saturated carbocycles. The molecule has 1 aliphatic rings. The van der Waals surface area contributed by atoms with Gasteiger partial charge in [-0.3, -0.25) is 0 Å². The van der Waals surface area contributed by atoms with Gasteiger partial charge in [0.15, 0.2) is 0 Å². The van der Waals surface area contributed by atoms with Crippen LogP contribution in [-0.4, -0.2) is 36.5 Å². The van der Waals surface area contributed by atoms with Crippen LogP contribution >= 0.6 is 0 Å². The van der Waals surface area contributed by atoms with Crippen LogP contribution in [0.2, 0.25) is 0 Å². The molecule has 17 heavy (non-hydrogen) atoms. The first-order chi connectivity index (χ1) is 8.14. The summed E-state index contributed by atoms with van der Waals surface area (Å²) in [6, 6.07) is 0.328. The number of nitrogens with one attached hydrogen (secondary N) is 1. The smallest absolute Gasteiger partial charge is 0.0635 e. The van der Waals surface area contributed by atoms with E-state index in [2.05, 4.69) is 12.2 Å². The second-order valence-electron chi connectivity index (χ2n) is 5.59. The number of morpholine rings is 1. The molecule has 3 heteroatoms. The maximum absolute atomic E-state index is 10.3. The zero-order valence-corrected chi connectivity index (χ0v) is 11.5. The number of hydrogen-bond acceptors (Lipinski definition) is 3. The van der Waals surface area contributed by atoms with Crippen molar-refractivity contribution in [1.82, 2.24) is 5.32 Å². The summed E-state index contributed by atoms with van der Waals surface area (Å²) in [5.74, 6) is 0. The Hall–Kier alpha value is -0.120. The minimum Gasteiger partial charge on any atom is -0.390 e. The number of ether oxygens (including phenoxy) is 1. The van der Waals surface area contributed by atoms with Gasteiger partial charge in [-0.2, -0.15) is 0 Å². The van der Waals surface area contributed by atoms with E-state index in [-0.39, 0.29) is 0 Å². The first kappa shape index (κ1) is 14.9. The molecule has 1 aliphatic heterocycles. The standard InChI is InChI=1S/C14H29NO2/c1-3-4-5-6-7-8-14(2,16)11-13-12-17-10-9-15-13/h13,15-16H,3-12H2,1-2H3. The predicted molar refractivity (Wildman–Crippen MR) is 71.2 cm³/mol. The van der Waals surface area contributed by atoms with Gasteiger partial charge in [0.25, 0.3) is 0 Å². The molecule has 0 amide bonds. The number of hydrogen-bond donors (Lipinski definition) is 2. The van der Waals surface area contributed by atoms with Gasteiger partial charge in [-0.1, -0.05) is 39.0 Å². The summed E-state index contributed by atoms with van der Waals surface area (Å²) in [4.78, 5) is 0. The second-order valence-corrected chi connectivity index (χ2v) is 5.59. The van der Waals surface area contributed by atoms with Crippen molar-refractivity contribution in [3.8, 4) is 0 Å². The summed E-state index contributed by atoms with van der Waals surface area (Å²) < 4.78 is 5.41. The Labute approximate surface area is 106 Å². The lowest BCUT2D eigenvalue weighted by Crippen LogP contribution is -2.45. The van der Waals surface area contributed by atoms with Gasteiger partial charge in [0.05, 0.1) is 18.8 Å². The Bertz CT molecular complexity index is 189. The van der Waals surface area contributed by atoms with Gasteiger partial charge in [-0.15, -0.1) is 0 Å². The van der Waals surface area contributed by atoms with E-state index in [0.717, 1.165) is 39.0 Å². The van der Waals surface area contributed by atoms with Crippen LogP contribution in [0.3, 0.4) is 0 Å². The van der Waals surface area contributed by atoms with Crippen molar-refractivity contribution in [2.24, 2.45) is 0 Å². The van der Waals surface area contributed by atoms with Crippen LogP contribution in [-0.2, 0) is 4.74 Å². The molecule has 0 bridgehead atoms. The Balaban J connectivity index is 2.11. The van der Waals surface area contributed by atoms with Crippen LogP contribution in [0.1, 0.15) is 58.8 Å². The highest BCUT2D eigenvalue weighted by Crippen LogP contribution is 2.21. The third kappa shape index (κ3) is 7.02. The zero-order valence-electron chi connectivity index (χ0n) is 11.5. The third-order valence-corrected chi connectivity index (χ3v) is 3.50. The quantitative estimate of drug-likeness (QED) is 0.644. The van der Waals surface area contributed by atoms with Crippen molar-refractivity contribution in [3.05, 3.63) is 0 Å². The Morgan fingerprint density at radius 3 is 2.71 bits per heavy atom. The fourth-order valence-corrected chi connectivity index (χ4v) is 2.49. The highest BCUT2D eigenvalue weighted by Gasteiger charge is 2.26. The van der Waals surface area contributed by atoms with Crippen LogP contribution in [0.4, 0.5) is 0 Å². The van der Waals surface area contributed by atoms with Gasteiger partial charge < -0.3 is 15.2 Å². The second kappa shape index (κ2) is 8.06. The first-order valence-electron chi connectivity index (χ1n) is 7.17. The van der Waals surface area contributed by atoms with E-state index in [4.69, 9.17) is 4.74 Å². The molecule has 102 valence electrons. The lowest BCUT2D eigenvalue weighted by molar-refractivity contribution is -0.000531. The molecule has 0 radical (unpaired) electrons. The van der Waals surface area contributed by atoms with Gasteiger partial charge >= 0.3 is 0 Å². The van der Waals surface area contributed by atoms with Crippen LogP contribution < -0.4 is 5.32 Å². The normalized spacial score (nSPS) is 24.5. The maximum Gasteiger partial charge on any atom is 0.0635 e. The number of rotatable bonds is 8. The van der Waals surface area contributed by atoms with Crippen LogP contribution in [0.15, 0.2) is 0 Å². The van der Waals surface area contributed by atoms with Crippen LogP contribution in [0.5, 0.6) is 0 Å². The molecule has 0 aromatic rings. The SMILES string of the molecule is CCCCCCCC(C)(O)CC1COCCN1. The molecule has 1 saturated heterocycles. The zero-order chi connectivity index (χ0) is 12.6. The molecule has 2 atom stereocenters. The molecular weight excluding hydrogens is 214 g/mol. The molecule has 3 nitrogen and oxygen atoms in total. The van der Waals surface area contributed by atoms with Gasteiger partial charge in [-0.25, -0.2) is 0 Å². The van der Waals surface area contributed by atoms with Crippen molar-refractivity contribution in [3.63, 3.8) is 0 Å². The molecule has 2 unspecified atom stereocenters. The summed E-state index contributed by atoms with van der Waals surface area (Å²) in [5, 5.41) is 13.7.